The number of carboxylic acid groups (broad SMARTS) is 1. The van der Waals surface area contributed by atoms with Gasteiger partial charge in [0.1, 0.15) is 0 Å². The fourth-order valence-corrected chi connectivity index (χ4v) is 3.43. The first-order chi connectivity index (χ1) is 11.3. The lowest BCUT2D eigenvalue weighted by Crippen LogP contribution is -2.47. The maximum atomic E-state index is 12.1. The van der Waals surface area contributed by atoms with Crippen LogP contribution in [0, 0.1) is 5.92 Å². The molecule has 1 aromatic rings. The van der Waals surface area contributed by atoms with Gasteiger partial charge in [0.25, 0.3) is 0 Å². The first-order valence-electron chi connectivity index (χ1n) is 8.31. The molecule has 24 heavy (non-hydrogen) atoms. The van der Waals surface area contributed by atoms with Gasteiger partial charge in [-0.15, -0.1) is 0 Å². The van der Waals surface area contributed by atoms with E-state index in [4.69, 9.17) is 5.11 Å². The molecule has 132 valence electrons. The lowest BCUT2D eigenvalue weighted by Gasteiger charge is -2.29. The van der Waals surface area contributed by atoms with E-state index in [0.29, 0.717) is 19.4 Å². The molecule has 0 spiro atoms. The summed E-state index contributed by atoms with van der Waals surface area (Å²) in [6.45, 7) is 4.71. The molecule has 1 saturated carbocycles. The first kappa shape index (κ1) is 18.8. The van der Waals surface area contributed by atoms with Gasteiger partial charge < -0.3 is 15.7 Å². The van der Waals surface area contributed by atoms with E-state index < -0.39 is 5.97 Å². The van der Waals surface area contributed by atoms with Crippen molar-refractivity contribution in [2.45, 2.75) is 51.0 Å². The molecule has 5 nitrogen and oxygen atoms in total. The quantitative estimate of drug-likeness (QED) is 0.710. The average molecular weight is 397 g/mol. The van der Waals surface area contributed by atoms with Crippen molar-refractivity contribution < 1.29 is 14.7 Å². The van der Waals surface area contributed by atoms with Gasteiger partial charge in [-0.05, 0) is 43.4 Å². The highest BCUT2D eigenvalue weighted by Crippen LogP contribution is 2.26. The fraction of sp³-hybridized carbons (Fsp3) is 0.556. The van der Waals surface area contributed by atoms with Gasteiger partial charge in [-0.2, -0.15) is 0 Å². The third-order valence-corrected chi connectivity index (χ3v) is 5.20. The van der Waals surface area contributed by atoms with E-state index >= 15 is 0 Å². The Balaban J connectivity index is 1.80. The molecule has 0 heterocycles. The molecule has 1 aromatic carbocycles. The van der Waals surface area contributed by atoms with Crippen molar-refractivity contribution in [3.05, 3.63) is 34.3 Å². The largest absolute Gasteiger partial charge is 0.481 e. The Morgan fingerprint density at radius 3 is 2.50 bits per heavy atom. The number of nitrogens with one attached hydrogen (secondary N) is 2. The Kier molecular flexibility index (Phi) is 6.27. The second-order valence-electron chi connectivity index (χ2n) is 7.11. The molecular weight excluding hydrogens is 372 g/mol. The molecule has 0 bridgehead atoms. The van der Waals surface area contributed by atoms with Crippen LogP contribution in [0.3, 0.4) is 0 Å². The minimum Gasteiger partial charge on any atom is -0.481 e. The Hall–Kier alpha value is -1.56. The summed E-state index contributed by atoms with van der Waals surface area (Å²) in [6, 6.07) is 7.96. The number of carbonyl (C=O) groups excluding carboxylic acids is 1. The Bertz CT molecular complexity index is 596. The Morgan fingerprint density at radius 2 is 1.92 bits per heavy atom. The molecule has 1 aliphatic carbocycles. The van der Waals surface area contributed by atoms with Gasteiger partial charge in [-0.25, -0.2) is 4.79 Å². The van der Waals surface area contributed by atoms with Gasteiger partial charge in [0, 0.05) is 22.5 Å². The van der Waals surface area contributed by atoms with E-state index in [1.807, 2.05) is 12.1 Å². The highest BCUT2D eigenvalue weighted by atomic mass is 79.9. The van der Waals surface area contributed by atoms with Crippen LogP contribution in [0.25, 0.3) is 0 Å². The molecule has 2 rings (SSSR count). The minimum atomic E-state index is -0.728. The lowest BCUT2D eigenvalue weighted by atomic mass is 9.84. The zero-order valence-electron chi connectivity index (χ0n) is 14.1. The number of halogens is 1. The van der Waals surface area contributed by atoms with Crippen LogP contribution in [-0.4, -0.2) is 29.7 Å². The number of benzene rings is 1. The number of carboxylic acids is 1. The summed E-state index contributed by atoms with van der Waals surface area (Å²) in [5.74, 6) is -0.991. The SMILES string of the molecule is CC(C)(CNC(=O)NC1CCC(C(=O)O)CC1)c1cccc(Br)c1. The molecule has 0 radical (unpaired) electrons. The van der Waals surface area contributed by atoms with Crippen molar-refractivity contribution in [3.63, 3.8) is 0 Å². The molecule has 0 aliphatic heterocycles. The number of hydrogen-bond donors (Lipinski definition) is 3. The summed E-state index contributed by atoms with van der Waals surface area (Å²) in [7, 11) is 0. The van der Waals surface area contributed by atoms with Gasteiger partial charge in [0.05, 0.1) is 5.92 Å². The molecule has 0 atom stereocenters. The normalized spacial score (nSPS) is 21.1. The van der Waals surface area contributed by atoms with Crippen LogP contribution in [0.2, 0.25) is 0 Å². The number of urea groups is 1. The zero-order valence-corrected chi connectivity index (χ0v) is 15.7. The van der Waals surface area contributed by atoms with E-state index in [9.17, 15) is 9.59 Å². The zero-order chi connectivity index (χ0) is 17.7. The van der Waals surface area contributed by atoms with Crippen molar-refractivity contribution in [1.82, 2.24) is 10.6 Å². The van der Waals surface area contributed by atoms with E-state index in [1.54, 1.807) is 0 Å². The van der Waals surface area contributed by atoms with Crippen LogP contribution in [0.15, 0.2) is 28.7 Å². The second kappa shape index (κ2) is 8.01. The maximum Gasteiger partial charge on any atom is 0.315 e. The molecule has 1 fully saturated rings. The predicted octanol–water partition coefficient (Wildman–Crippen LogP) is 3.67. The second-order valence-corrected chi connectivity index (χ2v) is 8.02. The summed E-state index contributed by atoms with van der Waals surface area (Å²) < 4.78 is 1.02. The van der Waals surface area contributed by atoms with Crippen molar-refractivity contribution >= 4 is 27.9 Å². The van der Waals surface area contributed by atoms with Crippen LogP contribution in [0.1, 0.15) is 45.1 Å². The Labute approximate surface area is 151 Å². The van der Waals surface area contributed by atoms with Gasteiger partial charge in [0.15, 0.2) is 0 Å². The summed E-state index contributed by atoms with van der Waals surface area (Å²) >= 11 is 3.47. The van der Waals surface area contributed by atoms with E-state index in [0.717, 1.165) is 22.9 Å². The van der Waals surface area contributed by atoms with Crippen molar-refractivity contribution in [2.24, 2.45) is 5.92 Å². The molecule has 2 amide bonds. The third-order valence-electron chi connectivity index (χ3n) is 4.71. The van der Waals surface area contributed by atoms with Gasteiger partial charge in [-0.3, -0.25) is 4.79 Å². The van der Waals surface area contributed by atoms with E-state index in [2.05, 4.69) is 52.5 Å². The fourth-order valence-electron chi connectivity index (χ4n) is 3.03. The molecule has 0 saturated heterocycles. The average Bonchev–Trinajstić information content (AvgIpc) is 2.53. The maximum absolute atomic E-state index is 12.1. The van der Waals surface area contributed by atoms with Gasteiger partial charge >= 0.3 is 12.0 Å². The molecule has 0 aromatic heterocycles. The number of aliphatic carboxylic acids is 1. The molecule has 1 aliphatic rings. The highest BCUT2D eigenvalue weighted by molar-refractivity contribution is 9.10. The molecule has 6 heteroatoms. The highest BCUT2D eigenvalue weighted by Gasteiger charge is 2.27. The van der Waals surface area contributed by atoms with Crippen molar-refractivity contribution in [2.75, 3.05) is 6.54 Å². The molecular formula is C18H25BrN2O3. The number of rotatable bonds is 5. The van der Waals surface area contributed by atoms with Crippen LogP contribution < -0.4 is 10.6 Å². The third kappa shape index (κ3) is 5.23. The topological polar surface area (TPSA) is 78.4 Å². The van der Waals surface area contributed by atoms with Crippen LogP contribution in [-0.2, 0) is 10.2 Å². The number of carbonyl (C=O) groups is 2. The number of hydrogen-bond acceptors (Lipinski definition) is 2. The standard InChI is InChI=1S/C18H25BrN2O3/c1-18(2,13-4-3-5-14(19)10-13)11-20-17(24)21-15-8-6-12(7-9-15)16(22)23/h3-5,10,12,15H,6-9,11H2,1-2H3,(H,22,23)(H2,20,21,24). The smallest absolute Gasteiger partial charge is 0.315 e. The summed E-state index contributed by atoms with van der Waals surface area (Å²) in [4.78, 5) is 23.1. The summed E-state index contributed by atoms with van der Waals surface area (Å²) in [5.41, 5.74) is 0.973. The summed E-state index contributed by atoms with van der Waals surface area (Å²) in [6.07, 6.45) is 2.70. The van der Waals surface area contributed by atoms with E-state index in [-0.39, 0.29) is 23.4 Å². The van der Waals surface area contributed by atoms with E-state index in [1.165, 1.54) is 0 Å². The monoisotopic (exact) mass is 396 g/mol. The lowest BCUT2D eigenvalue weighted by molar-refractivity contribution is -0.142. The van der Waals surface area contributed by atoms with Crippen LogP contribution >= 0.6 is 15.9 Å². The Morgan fingerprint density at radius 1 is 1.25 bits per heavy atom. The minimum absolute atomic E-state index is 0.0644. The summed E-state index contributed by atoms with van der Waals surface area (Å²) in [5, 5.41) is 14.9. The predicted molar refractivity (Wildman–Crippen MR) is 97.1 cm³/mol. The molecule has 3 N–H and O–H groups in total. The first-order valence-corrected chi connectivity index (χ1v) is 9.10. The van der Waals surface area contributed by atoms with Crippen LogP contribution in [0.4, 0.5) is 4.79 Å². The molecule has 0 unspecified atom stereocenters. The van der Waals surface area contributed by atoms with Crippen LogP contribution in [0.5, 0.6) is 0 Å². The number of amides is 2. The van der Waals surface area contributed by atoms with Crippen molar-refractivity contribution in [1.29, 1.82) is 0 Å². The van der Waals surface area contributed by atoms with Gasteiger partial charge in [0.2, 0.25) is 0 Å². The van der Waals surface area contributed by atoms with Gasteiger partial charge in [-0.1, -0.05) is 41.9 Å². The van der Waals surface area contributed by atoms with Crippen molar-refractivity contribution in [3.8, 4) is 0 Å².